The molecule has 1 aliphatic heterocycles. The molecule has 4 aromatic carbocycles. The number of likely N-dealkylation sites (tertiary alicyclic amines) is 1. The third kappa shape index (κ3) is 5.74. The Morgan fingerprint density at radius 1 is 0.895 bits per heavy atom. The van der Waals surface area contributed by atoms with Gasteiger partial charge in [0.1, 0.15) is 29.4 Å². The van der Waals surface area contributed by atoms with Crippen molar-refractivity contribution in [1.82, 2.24) is 4.90 Å². The molecular formula is C33H33NO4. The number of ether oxygens (including phenoxy) is 3. The van der Waals surface area contributed by atoms with Crippen molar-refractivity contribution in [2.75, 3.05) is 13.7 Å². The summed E-state index contributed by atoms with van der Waals surface area (Å²) < 4.78 is 18.1. The Hall–Kier alpha value is -4.09. The van der Waals surface area contributed by atoms with Crippen LogP contribution >= 0.6 is 0 Å². The van der Waals surface area contributed by atoms with Gasteiger partial charge in [0.25, 0.3) is 0 Å². The fourth-order valence-electron chi connectivity index (χ4n) is 5.25. The molecule has 0 saturated carbocycles. The van der Waals surface area contributed by atoms with Gasteiger partial charge in [0, 0.05) is 23.7 Å². The van der Waals surface area contributed by atoms with E-state index in [-0.39, 0.29) is 6.04 Å². The van der Waals surface area contributed by atoms with Crippen LogP contribution in [0.15, 0.2) is 97.1 Å². The minimum atomic E-state index is -0.464. The monoisotopic (exact) mass is 507 g/mol. The number of hydrogen-bond donors (Lipinski definition) is 0. The van der Waals surface area contributed by atoms with Gasteiger partial charge in [-0.15, -0.1) is 0 Å². The molecule has 5 heteroatoms. The molecule has 1 atom stereocenters. The molecule has 1 saturated heterocycles. The quantitative estimate of drug-likeness (QED) is 0.178. The van der Waals surface area contributed by atoms with Crippen molar-refractivity contribution in [2.45, 2.75) is 39.0 Å². The molecule has 1 heterocycles. The number of para-hydroxylation sites is 1. The van der Waals surface area contributed by atoms with Gasteiger partial charge in [-0.1, -0.05) is 78.9 Å². The summed E-state index contributed by atoms with van der Waals surface area (Å²) in [7, 11) is 1.67. The summed E-state index contributed by atoms with van der Waals surface area (Å²) in [5, 5.41) is 0. The van der Waals surface area contributed by atoms with Crippen LogP contribution in [0.4, 0.5) is 0 Å². The minimum Gasteiger partial charge on any atom is -0.496 e. The third-order valence-corrected chi connectivity index (χ3v) is 7.06. The van der Waals surface area contributed by atoms with E-state index in [2.05, 4.69) is 29.2 Å². The SMILES string of the molecule is COc1c([C@@H]2CCCN2Cc2ccccc2)cc(OCc2ccccc2)c(C(=O)Oc2ccccc2)c1C. The van der Waals surface area contributed by atoms with E-state index in [1.54, 1.807) is 19.2 Å². The molecule has 0 spiro atoms. The average molecular weight is 508 g/mol. The van der Waals surface area contributed by atoms with Crippen molar-refractivity contribution in [2.24, 2.45) is 0 Å². The lowest BCUT2D eigenvalue weighted by atomic mass is 9.95. The summed E-state index contributed by atoms with van der Waals surface area (Å²) >= 11 is 0. The Balaban J connectivity index is 1.53. The Morgan fingerprint density at radius 2 is 1.53 bits per heavy atom. The molecule has 0 N–H and O–H groups in total. The van der Waals surface area contributed by atoms with Crippen molar-refractivity contribution in [3.05, 3.63) is 125 Å². The predicted molar refractivity (Wildman–Crippen MR) is 149 cm³/mol. The largest absolute Gasteiger partial charge is 0.496 e. The average Bonchev–Trinajstić information content (AvgIpc) is 3.41. The van der Waals surface area contributed by atoms with Crippen molar-refractivity contribution in [3.63, 3.8) is 0 Å². The molecule has 194 valence electrons. The second-order valence-corrected chi connectivity index (χ2v) is 9.59. The summed E-state index contributed by atoms with van der Waals surface area (Å²) in [5.41, 5.74) is 4.45. The van der Waals surface area contributed by atoms with Crippen molar-refractivity contribution < 1.29 is 19.0 Å². The van der Waals surface area contributed by atoms with Crippen LogP contribution in [0.1, 0.15) is 51.5 Å². The second-order valence-electron chi connectivity index (χ2n) is 9.59. The second kappa shape index (κ2) is 12.0. The Kier molecular flexibility index (Phi) is 8.05. The molecule has 0 amide bonds. The highest BCUT2D eigenvalue weighted by atomic mass is 16.5. The summed E-state index contributed by atoms with van der Waals surface area (Å²) in [4.78, 5) is 16.0. The fraction of sp³-hybridized carbons (Fsp3) is 0.242. The standard InChI is InChI=1S/C33H33NO4/c1-24-31(33(35)38-27-17-10-5-11-18-27)30(37-23-26-15-8-4-9-16-26)21-28(32(24)36-2)29-19-12-20-34(29)22-25-13-6-3-7-14-25/h3-11,13-18,21,29H,12,19-20,22-23H2,1-2H3/t29-/m0/s1. The number of methoxy groups -OCH3 is 1. The lowest BCUT2D eigenvalue weighted by molar-refractivity contribution is 0.0728. The molecule has 1 aliphatic rings. The Labute approximate surface area is 224 Å². The minimum absolute atomic E-state index is 0.155. The zero-order chi connectivity index (χ0) is 26.3. The van der Waals surface area contributed by atoms with Crippen LogP contribution in [-0.4, -0.2) is 24.5 Å². The summed E-state index contributed by atoms with van der Waals surface area (Å²) in [6.07, 6.45) is 2.10. The van der Waals surface area contributed by atoms with E-state index in [0.29, 0.717) is 29.4 Å². The zero-order valence-electron chi connectivity index (χ0n) is 21.9. The van der Waals surface area contributed by atoms with E-state index in [1.807, 2.05) is 67.6 Å². The summed E-state index contributed by atoms with van der Waals surface area (Å²) in [5.74, 6) is 1.24. The lowest BCUT2D eigenvalue weighted by Gasteiger charge is -2.28. The first-order chi connectivity index (χ1) is 18.6. The molecule has 5 nitrogen and oxygen atoms in total. The van der Waals surface area contributed by atoms with Gasteiger partial charge in [-0.3, -0.25) is 4.90 Å². The van der Waals surface area contributed by atoms with E-state index < -0.39 is 5.97 Å². The van der Waals surface area contributed by atoms with E-state index in [0.717, 1.165) is 42.6 Å². The number of hydrogen-bond acceptors (Lipinski definition) is 5. The van der Waals surface area contributed by atoms with E-state index in [4.69, 9.17) is 14.2 Å². The fourth-order valence-corrected chi connectivity index (χ4v) is 5.25. The van der Waals surface area contributed by atoms with Gasteiger partial charge in [0.05, 0.1) is 7.11 Å². The van der Waals surface area contributed by atoms with Gasteiger partial charge in [0.2, 0.25) is 0 Å². The van der Waals surface area contributed by atoms with E-state index in [9.17, 15) is 4.79 Å². The topological polar surface area (TPSA) is 48.0 Å². The Bertz CT molecular complexity index is 1360. The highest BCUT2D eigenvalue weighted by molar-refractivity contribution is 5.96. The molecular weight excluding hydrogens is 474 g/mol. The molecule has 1 fully saturated rings. The van der Waals surface area contributed by atoms with Gasteiger partial charge < -0.3 is 14.2 Å². The molecule has 0 radical (unpaired) electrons. The van der Waals surface area contributed by atoms with Gasteiger partial charge in [-0.25, -0.2) is 4.79 Å². The third-order valence-electron chi connectivity index (χ3n) is 7.06. The van der Waals surface area contributed by atoms with Gasteiger partial charge in [-0.05, 0) is 55.6 Å². The van der Waals surface area contributed by atoms with Crippen LogP contribution in [-0.2, 0) is 13.2 Å². The first-order valence-corrected chi connectivity index (χ1v) is 13.1. The van der Waals surface area contributed by atoms with Gasteiger partial charge in [-0.2, -0.15) is 0 Å². The summed E-state index contributed by atoms with van der Waals surface area (Å²) in [6, 6.07) is 31.7. The van der Waals surface area contributed by atoms with E-state index >= 15 is 0 Å². The predicted octanol–water partition coefficient (Wildman–Crippen LogP) is 7.14. The van der Waals surface area contributed by atoms with Gasteiger partial charge in [0.15, 0.2) is 0 Å². The van der Waals surface area contributed by atoms with Crippen molar-refractivity contribution in [3.8, 4) is 17.2 Å². The van der Waals surface area contributed by atoms with Crippen molar-refractivity contribution >= 4 is 5.97 Å². The maximum absolute atomic E-state index is 13.5. The number of benzene rings is 4. The highest BCUT2D eigenvalue weighted by Crippen LogP contribution is 2.44. The molecule has 5 rings (SSSR count). The number of carbonyl (C=O) groups excluding carboxylic acids is 1. The van der Waals surface area contributed by atoms with Crippen LogP contribution in [0.2, 0.25) is 0 Å². The zero-order valence-corrected chi connectivity index (χ0v) is 21.9. The van der Waals surface area contributed by atoms with Crippen LogP contribution in [0.25, 0.3) is 0 Å². The Morgan fingerprint density at radius 3 is 2.18 bits per heavy atom. The lowest BCUT2D eigenvalue weighted by Crippen LogP contribution is -2.24. The number of rotatable bonds is 9. The molecule has 0 aliphatic carbocycles. The number of nitrogens with zero attached hydrogens (tertiary/aromatic N) is 1. The van der Waals surface area contributed by atoms with Crippen molar-refractivity contribution in [1.29, 1.82) is 0 Å². The van der Waals surface area contributed by atoms with Crippen LogP contribution in [0.5, 0.6) is 17.2 Å². The molecule has 0 bridgehead atoms. The first-order valence-electron chi connectivity index (χ1n) is 13.1. The normalized spacial score (nSPS) is 15.3. The maximum Gasteiger partial charge on any atom is 0.347 e. The van der Waals surface area contributed by atoms with E-state index in [1.165, 1.54) is 5.56 Å². The number of carbonyl (C=O) groups is 1. The molecule has 0 aromatic heterocycles. The summed E-state index contributed by atoms with van der Waals surface area (Å²) in [6.45, 7) is 4.11. The van der Waals surface area contributed by atoms with Crippen LogP contribution < -0.4 is 14.2 Å². The maximum atomic E-state index is 13.5. The molecule has 0 unspecified atom stereocenters. The van der Waals surface area contributed by atoms with Gasteiger partial charge >= 0.3 is 5.97 Å². The van der Waals surface area contributed by atoms with Crippen LogP contribution in [0.3, 0.4) is 0 Å². The molecule has 38 heavy (non-hydrogen) atoms. The molecule has 4 aromatic rings. The van der Waals surface area contributed by atoms with Crippen LogP contribution in [0, 0.1) is 6.92 Å². The smallest absolute Gasteiger partial charge is 0.347 e. The number of esters is 1. The highest BCUT2D eigenvalue weighted by Gasteiger charge is 2.32. The first kappa shape index (κ1) is 25.6.